The van der Waals surface area contributed by atoms with Crippen molar-refractivity contribution in [3.8, 4) is 0 Å². The summed E-state index contributed by atoms with van der Waals surface area (Å²) in [5.41, 5.74) is 6.55. The summed E-state index contributed by atoms with van der Waals surface area (Å²) >= 11 is 0. The van der Waals surface area contributed by atoms with Crippen LogP contribution in [0.25, 0.3) is 0 Å². The van der Waals surface area contributed by atoms with Gasteiger partial charge in [0, 0.05) is 19.1 Å². The summed E-state index contributed by atoms with van der Waals surface area (Å²) in [7, 11) is 0. The molecular weight excluding hydrogens is 260 g/mol. The lowest BCUT2D eigenvalue weighted by atomic mass is 9.65. The fourth-order valence-corrected chi connectivity index (χ4v) is 4.27. The number of rotatable bonds is 4. The molecule has 1 heterocycles. The number of morpholine rings is 1. The lowest BCUT2D eigenvalue weighted by Crippen LogP contribution is -2.57. The van der Waals surface area contributed by atoms with Gasteiger partial charge in [-0.3, -0.25) is 4.90 Å². The number of hydrogen-bond acceptors (Lipinski definition) is 3. The third-order valence-electron chi connectivity index (χ3n) is 6.20. The highest BCUT2D eigenvalue weighted by Crippen LogP contribution is 2.43. The highest BCUT2D eigenvalue weighted by Gasteiger charge is 2.41. The van der Waals surface area contributed by atoms with E-state index in [1.165, 1.54) is 25.7 Å². The van der Waals surface area contributed by atoms with Gasteiger partial charge < -0.3 is 10.5 Å². The van der Waals surface area contributed by atoms with Crippen molar-refractivity contribution in [2.45, 2.75) is 71.9 Å². The first kappa shape index (κ1) is 17.2. The van der Waals surface area contributed by atoms with Gasteiger partial charge in [0.25, 0.3) is 0 Å². The summed E-state index contributed by atoms with van der Waals surface area (Å²) in [6.07, 6.45) is 5.24. The van der Waals surface area contributed by atoms with E-state index in [-0.39, 0.29) is 5.60 Å². The summed E-state index contributed by atoms with van der Waals surface area (Å²) in [5, 5.41) is 0. The largest absolute Gasteiger partial charge is 0.373 e. The number of nitrogens with zero attached hydrogens (tertiary/aromatic N) is 1. The molecule has 21 heavy (non-hydrogen) atoms. The smallest absolute Gasteiger partial charge is 0.0753 e. The van der Waals surface area contributed by atoms with Crippen molar-refractivity contribution in [3.05, 3.63) is 0 Å². The molecule has 0 spiro atoms. The van der Waals surface area contributed by atoms with Crippen molar-refractivity contribution in [2.24, 2.45) is 23.0 Å². The lowest BCUT2D eigenvalue weighted by molar-refractivity contribution is -0.112. The molecule has 2 fully saturated rings. The summed E-state index contributed by atoms with van der Waals surface area (Å²) in [5.74, 6) is 1.50. The Morgan fingerprint density at radius 3 is 2.57 bits per heavy atom. The zero-order chi connectivity index (χ0) is 15.7. The molecule has 0 aromatic rings. The summed E-state index contributed by atoms with van der Waals surface area (Å²) in [6, 6.07) is 0.655. The molecule has 3 unspecified atom stereocenters. The summed E-state index contributed by atoms with van der Waals surface area (Å²) in [6.45, 7) is 15.5. The average Bonchev–Trinajstić information content (AvgIpc) is 2.45. The van der Waals surface area contributed by atoms with Crippen molar-refractivity contribution >= 4 is 0 Å². The predicted octanol–water partition coefficient (Wildman–Crippen LogP) is 3.28. The number of hydrogen-bond donors (Lipinski definition) is 1. The van der Waals surface area contributed by atoms with Crippen LogP contribution in [0, 0.1) is 17.3 Å². The first-order valence-electron chi connectivity index (χ1n) is 8.87. The first-order valence-corrected chi connectivity index (χ1v) is 8.87. The molecule has 2 N–H and O–H groups in total. The second-order valence-corrected chi connectivity index (χ2v) is 8.49. The number of nitrogens with two attached hydrogens (primary N) is 1. The Bertz CT molecular complexity index is 340. The molecule has 2 rings (SSSR count). The molecule has 3 heteroatoms. The Labute approximate surface area is 131 Å². The Kier molecular flexibility index (Phi) is 5.38. The standard InChI is InChI=1S/C18H36N2O/c1-6-17(2,3)15-8-7-14(12-19)16(11-15)20-9-10-21-18(4,5)13-20/h14-16H,6-13,19H2,1-5H3. The maximum absolute atomic E-state index is 6.10. The molecule has 0 aromatic carbocycles. The molecule has 1 saturated heterocycles. The quantitative estimate of drug-likeness (QED) is 0.865. The second-order valence-electron chi connectivity index (χ2n) is 8.49. The highest BCUT2D eigenvalue weighted by molar-refractivity contribution is 4.94. The van der Waals surface area contributed by atoms with Gasteiger partial charge in [-0.25, -0.2) is 0 Å². The van der Waals surface area contributed by atoms with Crippen molar-refractivity contribution < 1.29 is 4.74 Å². The van der Waals surface area contributed by atoms with Crippen LogP contribution in [-0.4, -0.2) is 42.8 Å². The molecule has 3 atom stereocenters. The molecule has 3 nitrogen and oxygen atoms in total. The number of ether oxygens (including phenoxy) is 1. The van der Waals surface area contributed by atoms with E-state index in [0.29, 0.717) is 17.4 Å². The fourth-order valence-electron chi connectivity index (χ4n) is 4.27. The minimum absolute atomic E-state index is 0.00931. The van der Waals surface area contributed by atoms with Gasteiger partial charge in [0.2, 0.25) is 0 Å². The van der Waals surface area contributed by atoms with Gasteiger partial charge in [-0.2, -0.15) is 0 Å². The minimum atomic E-state index is -0.00931. The topological polar surface area (TPSA) is 38.5 Å². The van der Waals surface area contributed by atoms with E-state index >= 15 is 0 Å². The van der Waals surface area contributed by atoms with Gasteiger partial charge >= 0.3 is 0 Å². The van der Waals surface area contributed by atoms with Crippen LogP contribution in [0.1, 0.15) is 60.3 Å². The predicted molar refractivity (Wildman–Crippen MR) is 89.3 cm³/mol. The van der Waals surface area contributed by atoms with Crippen molar-refractivity contribution in [2.75, 3.05) is 26.2 Å². The Hall–Kier alpha value is -0.120. The molecule has 0 aromatic heterocycles. The van der Waals surface area contributed by atoms with Crippen LogP contribution < -0.4 is 5.73 Å². The average molecular weight is 296 g/mol. The van der Waals surface area contributed by atoms with E-state index in [4.69, 9.17) is 10.5 Å². The molecule has 1 saturated carbocycles. The van der Waals surface area contributed by atoms with Crippen LogP contribution in [0.4, 0.5) is 0 Å². The van der Waals surface area contributed by atoms with Crippen LogP contribution >= 0.6 is 0 Å². The van der Waals surface area contributed by atoms with Gasteiger partial charge in [-0.1, -0.05) is 27.2 Å². The fraction of sp³-hybridized carbons (Fsp3) is 1.00. The third-order valence-corrected chi connectivity index (χ3v) is 6.20. The second kappa shape index (κ2) is 6.55. The normalized spacial score (nSPS) is 34.9. The van der Waals surface area contributed by atoms with Crippen LogP contribution in [0.15, 0.2) is 0 Å². The van der Waals surface area contributed by atoms with E-state index in [0.717, 1.165) is 32.2 Å². The highest BCUT2D eigenvalue weighted by atomic mass is 16.5. The Balaban J connectivity index is 2.10. The van der Waals surface area contributed by atoms with Crippen LogP contribution in [0.3, 0.4) is 0 Å². The maximum Gasteiger partial charge on any atom is 0.0753 e. The van der Waals surface area contributed by atoms with E-state index in [9.17, 15) is 0 Å². The van der Waals surface area contributed by atoms with Crippen LogP contribution in [0.2, 0.25) is 0 Å². The molecule has 0 bridgehead atoms. The molecule has 124 valence electrons. The van der Waals surface area contributed by atoms with Gasteiger partial charge in [-0.15, -0.1) is 0 Å². The molecule has 1 aliphatic carbocycles. The Morgan fingerprint density at radius 1 is 1.29 bits per heavy atom. The van der Waals surface area contributed by atoms with Crippen molar-refractivity contribution in [1.29, 1.82) is 0 Å². The van der Waals surface area contributed by atoms with E-state index < -0.39 is 0 Å². The maximum atomic E-state index is 6.10. The van der Waals surface area contributed by atoms with Gasteiger partial charge in [0.15, 0.2) is 0 Å². The van der Waals surface area contributed by atoms with Crippen LogP contribution in [-0.2, 0) is 4.74 Å². The monoisotopic (exact) mass is 296 g/mol. The summed E-state index contributed by atoms with van der Waals surface area (Å²) < 4.78 is 5.90. The molecule has 2 aliphatic rings. The van der Waals surface area contributed by atoms with Crippen molar-refractivity contribution in [3.63, 3.8) is 0 Å². The van der Waals surface area contributed by atoms with E-state index in [1.807, 2.05) is 0 Å². The zero-order valence-electron chi connectivity index (χ0n) is 14.8. The van der Waals surface area contributed by atoms with Crippen LogP contribution in [0.5, 0.6) is 0 Å². The van der Waals surface area contributed by atoms with E-state index in [2.05, 4.69) is 39.5 Å². The molecule has 0 radical (unpaired) electrons. The molecule has 1 aliphatic heterocycles. The minimum Gasteiger partial charge on any atom is -0.373 e. The van der Waals surface area contributed by atoms with Gasteiger partial charge in [-0.05, 0) is 56.9 Å². The zero-order valence-corrected chi connectivity index (χ0v) is 14.8. The van der Waals surface area contributed by atoms with Gasteiger partial charge in [0.05, 0.1) is 12.2 Å². The van der Waals surface area contributed by atoms with Crippen molar-refractivity contribution in [1.82, 2.24) is 4.90 Å². The SMILES string of the molecule is CCC(C)(C)C1CCC(CN)C(N2CCOC(C)(C)C2)C1. The third kappa shape index (κ3) is 4.00. The lowest BCUT2D eigenvalue weighted by Gasteiger charge is -2.50. The van der Waals surface area contributed by atoms with Gasteiger partial charge in [0.1, 0.15) is 0 Å². The van der Waals surface area contributed by atoms with E-state index in [1.54, 1.807) is 0 Å². The summed E-state index contributed by atoms with van der Waals surface area (Å²) in [4.78, 5) is 2.68. The first-order chi connectivity index (χ1) is 9.79. The Morgan fingerprint density at radius 2 is 2.00 bits per heavy atom. The molecular formula is C18H36N2O. The molecule has 0 amide bonds.